The highest BCUT2D eigenvalue weighted by Gasteiger charge is 2.35. The standard InChI is InChI=1S/C9H13N7O2S/c1-19(17,18)14-6-9(7-14)15-4-8(12-13-15)5-16-10-2-3-11-16/h2-4,9H,5-7H2,1H3. The Morgan fingerprint density at radius 2 is 2.00 bits per heavy atom. The zero-order valence-corrected chi connectivity index (χ0v) is 11.1. The molecular weight excluding hydrogens is 270 g/mol. The molecule has 0 amide bonds. The summed E-state index contributed by atoms with van der Waals surface area (Å²) < 4.78 is 25.6. The molecule has 2 aromatic rings. The SMILES string of the molecule is CS(=O)(=O)N1CC(n2cc(Cn3nccn3)nn2)C1. The first kappa shape index (κ1) is 12.2. The van der Waals surface area contributed by atoms with Crippen LogP contribution in [0, 0.1) is 0 Å². The molecule has 1 aliphatic heterocycles. The minimum Gasteiger partial charge on any atom is -0.246 e. The third kappa shape index (κ3) is 2.49. The summed E-state index contributed by atoms with van der Waals surface area (Å²) in [4.78, 5) is 1.51. The molecule has 19 heavy (non-hydrogen) atoms. The van der Waals surface area contributed by atoms with Crippen LogP contribution in [0.4, 0.5) is 0 Å². The molecule has 1 fully saturated rings. The Morgan fingerprint density at radius 3 is 2.63 bits per heavy atom. The van der Waals surface area contributed by atoms with E-state index in [2.05, 4.69) is 20.5 Å². The summed E-state index contributed by atoms with van der Waals surface area (Å²) in [5.41, 5.74) is 0.744. The van der Waals surface area contributed by atoms with E-state index in [1.165, 1.54) is 15.4 Å². The lowest BCUT2D eigenvalue weighted by molar-refractivity contribution is 0.190. The topological polar surface area (TPSA) is 98.8 Å². The Bertz CT molecular complexity index is 657. The third-order valence-corrected chi connectivity index (χ3v) is 4.24. The van der Waals surface area contributed by atoms with Gasteiger partial charge in [0.1, 0.15) is 12.2 Å². The molecule has 0 spiro atoms. The highest BCUT2D eigenvalue weighted by Crippen LogP contribution is 2.22. The predicted octanol–water partition coefficient (Wildman–Crippen LogP) is -1.27. The Kier molecular flexibility index (Phi) is 2.82. The van der Waals surface area contributed by atoms with Gasteiger partial charge in [-0.05, 0) is 0 Å². The fraction of sp³-hybridized carbons (Fsp3) is 0.556. The molecule has 0 saturated carbocycles. The van der Waals surface area contributed by atoms with Crippen molar-refractivity contribution in [2.75, 3.05) is 19.3 Å². The Hall–Kier alpha value is -1.81. The lowest BCUT2D eigenvalue weighted by atomic mass is 10.2. The lowest BCUT2D eigenvalue weighted by Gasteiger charge is -2.36. The Labute approximate surface area is 109 Å². The molecule has 1 saturated heterocycles. The van der Waals surface area contributed by atoms with Gasteiger partial charge in [-0.25, -0.2) is 13.1 Å². The molecule has 0 aromatic carbocycles. The molecule has 0 atom stereocenters. The van der Waals surface area contributed by atoms with Crippen molar-refractivity contribution in [3.63, 3.8) is 0 Å². The van der Waals surface area contributed by atoms with Gasteiger partial charge in [-0.2, -0.15) is 19.3 Å². The van der Waals surface area contributed by atoms with Crippen molar-refractivity contribution in [3.8, 4) is 0 Å². The normalized spacial score (nSPS) is 17.5. The molecule has 9 nitrogen and oxygen atoms in total. The Morgan fingerprint density at radius 1 is 1.32 bits per heavy atom. The second-order valence-corrected chi connectivity index (χ2v) is 6.47. The van der Waals surface area contributed by atoms with Gasteiger partial charge in [0.15, 0.2) is 0 Å². The van der Waals surface area contributed by atoms with Crippen molar-refractivity contribution in [2.45, 2.75) is 12.6 Å². The first-order valence-corrected chi connectivity index (χ1v) is 7.57. The van der Waals surface area contributed by atoms with E-state index in [0.29, 0.717) is 19.6 Å². The number of aromatic nitrogens is 6. The molecule has 3 rings (SSSR count). The minimum atomic E-state index is -3.09. The molecule has 0 aliphatic carbocycles. The predicted molar refractivity (Wildman–Crippen MR) is 64.6 cm³/mol. The van der Waals surface area contributed by atoms with Crippen LogP contribution < -0.4 is 0 Å². The van der Waals surface area contributed by atoms with Crippen molar-refractivity contribution in [2.24, 2.45) is 0 Å². The maximum Gasteiger partial charge on any atom is 0.211 e. The van der Waals surface area contributed by atoms with Crippen LogP contribution >= 0.6 is 0 Å². The van der Waals surface area contributed by atoms with Crippen LogP contribution in [-0.2, 0) is 16.6 Å². The van der Waals surface area contributed by atoms with Gasteiger partial charge in [0.25, 0.3) is 0 Å². The van der Waals surface area contributed by atoms with Gasteiger partial charge in [-0.3, -0.25) is 0 Å². The molecular formula is C9H13N7O2S. The summed E-state index contributed by atoms with van der Waals surface area (Å²) in [6.45, 7) is 1.35. The van der Waals surface area contributed by atoms with E-state index in [0.717, 1.165) is 5.69 Å². The Balaban J connectivity index is 1.64. The number of hydrogen-bond acceptors (Lipinski definition) is 6. The quantitative estimate of drug-likeness (QED) is 0.694. The number of sulfonamides is 1. The summed E-state index contributed by atoms with van der Waals surface area (Å²) in [5.74, 6) is 0. The van der Waals surface area contributed by atoms with E-state index < -0.39 is 10.0 Å². The summed E-state index contributed by atoms with van der Waals surface area (Å²) in [7, 11) is -3.09. The van der Waals surface area contributed by atoms with Gasteiger partial charge in [-0.1, -0.05) is 5.21 Å². The summed E-state index contributed by atoms with van der Waals surface area (Å²) in [5, 5.41) is 16.0. The first-order chi connectivity index (χ1) is 9.02. The molecule has 3 heterocycles. The van der Waals surface area contributed by atoms with E-state index >= 15 is 0 Å². The molecule has 0 radical (unpaired) electrons. The number of nitrogens with zero attached hydrogens (tertiary/aromatic N) is 7. The van der Waals surface area contributed by atoms with Crippen molar-refractivity contribution < 1.29 is 8.42 Å². The van der Waals surface area contributed by atoms with Crippen LogP contribution in [0.5, 0.6) is 0 Å². The number of hydrogen-bond donors (Lipinski definition) is 0. The van der Waals surface area contributed by atoms with Gasteiger partial charge in [-0.15, -0.1) is 5.10 Å². The smallest absolute Gasteiger partial charge is 0.211 e. The molecule has 1 aliphatic rings. The van der Waals surface area contributed by atoms with Crippen molar-refractivity contribution in [3.05, 3.63) is 24.3 Å². The van der Waals surface area contributed by atoms with Crippen molar-refractivity contribution in [1.29, 1.82) is 0 Å². The molecule has 10 heteroatoms. The maximum atomic E-state index is 11.3. The summed E-state index contributed by atoms with van der Waals surface area (Å²) in [6.07, 6.45) is 6.20. The molecule has 0 unspecified atom stereocenters. The van der Waals surface area contributed by atoms with Crippen LogP contribution in [0.3, 0.4) is 0 Å². The molecule has 0 N–H and O–H groups in total. The fourth-order valence-electron chi connectivity index (χ4n) is 1.89. The van der Waals surface area contributed by atoms with Crippen LogP contribution in [0.2, 0.25) is 0 Å². The minimum absolute atomic E-state index is 0.0570. The molecule has 0 bridgehead atoms. The monoisotopic (exact) mass is 283 g/mol. The summed E-state index contributed by atoms with van der Waals surface area (Å²) in [6, 6.07) is 0.0570. The first-order valence-electron chi connectivity index (χ1n) is 5.72. The van der Waals surface area contributed by atoms with Gasteiger partial charge in [0, 0.05) is 13.1 Å². The highest BCUT2D eigenvalue weighted by atomic mass is 32.2. The third-order valence-electron chi connectivity index (χ3n) is 3.00. The van der Waals surface area contributed by atoms with Crippen molar-refractivity contribution in [1.82, 2.24) is 34.3 Å². The number of rotatable bonds is 4. The maximum absolute atomic E-state index is 11.3. The fourth-order valence-corrected chi connectivity index (χ4v) is 2.77. The zero-order chi connectivity index (χ0) is 13.5. The lowest BCUT2D eigenvalue weighted by Crippen LogP contribution is -2.50. The van der Waals surface area contributed by atoms with Gasteiger partial charge < -0.3 is 0 Å². The van der Waals surface area contributed by atoms with Crippen LogP contribution in [0.15, 0.2) is 18.6 Å². The van der Waals surface area contributed by atoms with Gasteiger partial charge in [0.05, 0.1) is 30.9 Å². The average Bonchev–Trinajstić information content (AvgIpc) is 2.86. The van der Waals surface area contributed by atoms with Crippen LogP contribution in [0.1, 0.15) is 11.7 Å². The van der Waals surface area contributed by atoms with E-state index in [1.54, 1.807) is 23.3 Å². The van der Waals surface area contributed by atoms with Gasteiger partial charge in [0.2, 0.25) is 10.0 Å². The zero-order valence-electron chi connectivity index (χ0n) is 10.3. The average molecular weight is 283 g/mol. The highest BCUT2D eigenvalue weighted by molar-refractivity contribution is 7.88. The van der Waals surface area contributed by atoms with E-state index in [9.17, 15) is 8.42 Å². The molecule has 102 valence electrons. The van der Waals surface area contributed by atoms with E-state index in [4.69, 9.17) is 0 Å². The van der Waals surface area contributed by atoms with E-state index in [1.807, 2.05) is 0 Å². The van der Waals surface area contributed by atoms with Crippen molar-refractivity contribution >= 4 is 10.0 Å². The van der Waals surface area contributed by atoms with Crippen LogP contribution in [-0.4, -0.2) is 62.1 Å². The van der Waals surface area contributed by atoms with E-state index in [-0.39, 0.29) is 6.04 Å². The molecule has 2 aromatic heterocycles. The second-order valence-electron chi connectivity index (χ2n) is 4.48. The second kappa shape index (κ2) is 4.38. The van der Waals surface area contributed by atoms with Gasteiger partial charge >= 0.3 is 0 Å². The van der Waals surface area contributed by atoms with Crippen LogP contribution in [0.25, 0.3) is 0 Å². The summed E-state index contributed by atoms with van der Waals surface area (Å²) >= 11 is 0. The largest absolute Gasteiger partial charge is 0.246 e.